The molecule has 0 saturated heterocycles. The predicted molar refractivity (Wildman–Crippen MR) is 153 cm³/mol. The number of imidazole rings is 1. The van der Waals surface area contributed by atoms with Crippen molar-refractivity contribution in [2.24, 2.45) is 0 Å². The van der Waals surface area contributed by atoms with Gasteiger partial charge in [-0.1, -0.05) is 141 Å². The molecule has 2 rings (SSSR count). The van der Waals surface area contributed by atoms with E-state index in [9.17, 15) is 0 Å². The molecule has 1 aromatic heterocycles. The van der Waals surface area contributed by atoms with Crippen molar-refractivity contribution >= 4 is 0 Å². The molecule has 0 radical (unpaired) electrons. The van der Waals surface area contributed by atoms with Gasteiger partial charge in [-0.15, -0.1) is 0 Å². The maximum absolute atomic E-state index is 2.53. The van der Waals surface area contributed by atoms with Crippen molar-refractivity contribution in [2.75, 3.05) is 0 Å². The van der Waals surface area contributed by atoms with Gasteiger partial charge in [-0.2, -0.15) is 4.57 Å². The van der Waals surface area contributed by atoms with E-state index in [0.717, 1.165) is 6.54 Å². The summed E-state index contributed by atoms with van der Waals surface area (Å²) < 4.78 is 4.96. The first kappa shape index (κ1) is 29.7. The molecule has 0 saturated carbocycles. The molecule has 0 unspecified atom stereocenters. The van der Waals surface area contributed by atoms with Gasteiger partial charge in [0.2, 0.25) is 0 Å². The average molecular weight is 482 g/mol. The Morgan fingerprint density at radius 1 is 0.543 bits per heavy atom. The minimum atomic E-state index is 1.16. The molecule has 0 aliphatic carbocycles. The summed E-state index contributed by atoms with van der Waals surface area (Å²) in [6, 6.07) is 10.9. The molecule has 35 heavy (non-hydrogen) atoms. The van der Waals surface area contributed by atoms with Gasteiger partial charge in [0.15, 0.2) is 0 Å². The van der Waals surface area contributed by atoms with Crippen LogP contribution in [0, 0.1) is 0 Å². The highest BCUT2D eigenvalue weighted by molar-refractivity contribution is 5.31. The molecule has 2 aromatic rings. The van der Waals surface area contributed by atoms with Crippen LogP contribution in [0.1, 0.15) is 148 Å². The summed E-state index contributed by atoms with van der Waals surface area (Å²) in [5, 5.41) is 0. The normalized spacial score (nSPS) is 11.4. The Balaban J connectivity index is 1.61. The Kier molecular flexibility index (Phi) is 17.5. The highest BCUT2D eigenvalue weighted by atomic mass is 15.1. The van der Waals surface area contributed by atoms with Crippen molar-refractivity contribution in [3.05, 3.63) is 48.5 Å². The fraction of sp³-hybridized carbons (Fsp3) is 0.727. The van der Waals surface area contributed by atoms with E-state index < -0.39 is 0 Å². The largest absolute Gasteiger partial charge is 0.261 e. The molecular weight excluding hydrogens is 424 g/mol. The molecule has 0 N–H and O–H groups in total. The Labute approximate surface area is 218 Å². The van der Waals surface area contributed by atoms with Gasteiger partial charge in [0, 0.05) is 6.42 Å². The lowest BCUT2D eigenvalue weighted by molar-refractivity contribution is -0.704. The number of nitrogens with zero attached hydrogens (tertiary/aromatic N) is 2. The second kappa shape index (κ2) is 20.6. The first-order valence-electron chi connectivity index (χ1n) is 15.5. The van der Waals surface area contributed by atoms with Crippen molar-refractivity contribution < 1.29 is 4.57 Å². The molecule has 2 heteroatoms. The average Bonchev–Trinajstić information content (AvgIpc) is 3.29. The van der Waals surface area contributed by atoms with Crippen molar-refractivity contribution in [1.29, 1.82) is 0 Å². The molecule has 0 amide bonds. The predicted octanol–water partition coefficient (Wildman–Crippen LogP) is 10.1. The fourth-order valence-corrected chi connectivity index (χ4v) is 5.29. The quantitative estimate of drug-likeness (QED) is 0.110. The minimum absolute atomic E-state index is 1.16. The topological polar surface area (TPSA) is 8.81 Å². The van der Waals surface area contributed by atoms with E-state index in [1.54, 1.807) is 0 Å². The Morgan fingerprint density at radius 2 is 1.00 bits per heavy atom. The molecular formula is C33H57N2+. The molecule has 1 aromatic carbocycles. The number of hydrogen-bond donors (Lipinski definition) is 0. The van der Waals surface area contributed by atoms with Crippen molar-refractivity contribution in [3.8, 4) is 5.69 Å². The molecule has 198 valence electrons. The van der Waals surface area contributed by atoms with Crippen LogP contribution in [0.15, 0.2) is 42.7 Å². The number of rotatable bonds is 23. The second-order valence-electron chi connectivity index (χ2n) is 10.7. The molecule has 1 heterocycles. The SMILES string of the molecule is CCCCCCCCCCCCCCCCCc1n(-c2ccccc2)cc[n+]1CCCCCCC. The second-order valence-corrected chi connectivity index (χ2v) is 10.7. The molecule has 0 aliphatic heterocycles. The number of para-hydroxylation sites is 1. The van der Waals surface area contributed by atoms with E-state index in [-0.39, 0.29) is 0 Å². The Morgan fingerprint density at radius 3 is 1.51 bits per heavy atom. The van der Waals surface area contributed by atoms with Gasteiger partial charge in [0.1, 0.15) is 18.1 Å². The molecule has 0 bridgehead atoms. The monoisotopic (exact) mass is 481 g/mol. The van der Waals surface area contributed by atoms with Gasteiger partial charge in [-0.05, 0) is 31.4 Å². The Bertz CT molecular complexity index is 718. The lowest BCUT2D eigenvalue weighted by Crippen LogP contribution is -2.37. The summed E-state index contributed by atoms with van der Waals surface area (Å²) in [6.07, 6.45) is 33.9. The number of unbranched alkanes of at least 4 members (excludes halogenated alkanes) is 18. The van der Waals surface area contributed by atoms with Gasteiger partial charge in [-0.25, -0.2) is 4.57 Å². The van der Waals surface area contributed by atoms with Crippen LogP contribution in [0.2, 0.25) is 0 Å². The number of hydrogen-bond acceptors (Lipinski definition) is 0. The van der Waals surface area contributed by atoms with Gasteiger partial charge in [0.25, 0.3) is 5.82 Å². The third kappa shape index (κ3) is 13.3. The molecule has 0 atom stereocenters. The molecule has 2 nitrogen and oxygen atoms in total. The van der Waals surface area contributed by atoms with Crippen LogP contribution in [-0.2, 0) is 13.0 Å². The van der Waals surface area contributed by atoms with Gasteiger partial charge >= 0.3 is 0 Å². The van der Waals surface area contributed by atoms with E-state index in [4.69, 9.17) is 0 Å². The van der Waals surface area contributed by atoms with Gasteiger partial charge in [-0.3, -0.25) is 0 Å². The third-order valence-corrected chi connectivity index (χ3v) is 7.55. The summed E-state index contributed by atoms with van der Waals surface area (Å²) in [5.41, 5.74) is 1.30. The van der Waals surface area contributed by atoms with Gasteiger partial charge in [0.05, 0.1) is 6.54 Å². The van der Waals surface area contributed by atoms with E-state index >= 15 is 0 Å². The van der Waals surface area contributed by atoms with Gasteiger partial charge < -0.3 is 0 Å². The molecule has 0 fully saturated rings. The lowest BCUT2D eigenvalue weighted by atomic mass is 10.0. The van der Waals surface area contributed by atoms with Crippen LogP contribution in [-0.4, -0.2) is 4.57 Å². The summed E-state index contributed by atoms with van der Waals surface area (Å²) in [6.45, 7) is 5.76. The van der Waals surface area contributed by atoms with Crippen LogP contribution in [0.5, 0.6) is 0 Å². The van der Waals surface area contributed by atoms with Crippen LogP contribution >= 0.6 is 0 Å². The fourth-order valence-electron chi connectivity index (χ4n) is 5.29. The van der Waals surface area contributed by atoms with Crippen molar-refractivity contribution in [2.45, 2.75) is 155 Å². The van der Waals surface area contributed by atoms with Crippen LogP contribution in [0.4, 0.5) is 0 Å². The van der Waals surface area contributed by atoms with E-state index in [2.05, 4.69) is 65.7 Å². The van der Waals surface area contributed by atoms with E-state index in [1.165, 1.54) is 146 Å². The zero-order valence-electron chi connectivity index (χ0n) is 23.5. The summed E-state index contributed by atoms with van der Waals surface area (Å²) >= 11 is 0. The van der Waals surface area contributed by atoms with E-state index in [0.29, 0.717) is 0 Å². The minimum Gasteiger partial charge on any atom is -0.234 e. The third-order valence-electron chi connectivity index (χ3n) is 7.55. The smallest absolute Gasteiger partial charge is 0.234 e. The van der Waals surface area contributed by atoms with Crippen LogP contribution in [0.3, 0.4) is 0 Å². The molecule has 0 spiro atoms. The number of benzene rings is 1. The van der Waals surface area contributed by atoms with Crippen molar-refractivity contribution in [1.82, 2.24) is 4.57 Å². The maximum atomic E-state index is 2.53. The lowest BCUT2D eigenvalue weighted by Gasteiger charge is -2.06. The van der Waals surface area contributed by atoms with E-state index in [1.807, 2.05) is 0 Å². The van der Waals surface area contributed by atoms with Crippen LogP contribution < -0.4 is 4.57 Å². The number of aryl methyl sites for hydroxylation is 1. The zero-order valence-corrected chi connectivity index (χ0v) is 23.5. The number of aromatic nitrogens is 2. The highest BCUT2D eigenvalue weighted by Gasteiger charge is 2.18. The first-order valence-corrected chi connectivity index (χ1v) is 15.5. The highest BCUT2D eigenvalue weighted by Crippen LogP contribution is 2.16. The first-order chi connectivity index (χ1) is 17.4. The summed E-state index contributed by atoms with van der Waals surface area (Å²) in [7, 11) is 0. The molecule has 0 aliphatic rings. The Hall–Kier alpha value is -1.57. The van der Waals surface area contributed by atoms with Crippen molar-refractivity contribution in [3.63, 3.8) is 0 Å². The van der Waals surface area contributed by atoms with Crippen LogP contribution in [0.25, 0.3) is 5.69 Å². The summed E-state index contributed by atoms with van der Waals surface area (Å²) in [4.78, 5) is 0. The summed E-state index contributed by atoms with van der Waals surface area (Å²) in [5.74, 6) is 1.49. The zero-order chi connectivity index (χ0) is 24.8. The standard InChI is InChI=1S/C33H57N2/c1-3-5-7-9-10-11-12-13-14-15-16-17-18-19-24-28-33-34(29-25-20-8-6-4-2)30-31-35(33)32-26-22-21-23-27-32/h21-23,26-27,30-31H,3-20,24-25,28-29H2,1-2H3/q+1. The maximum Gasteiger partial charge on any atom is 0.261 e.